The molecule has 0 aliphatic carbocycles. The number of rotatable bonds is 30. The van der Waals surface area contributed by atoms with Crippen molar-refractivity contribution in [3.8, 4) is 5.75 Å². The molecule has 4 amide bonds. The number of aliphatic carboxylic acids is 1. The van der Waals surface area contributed by atoms with E-state index in [4.69, 9.17) is 53.8 Å². The minimum Gasteiger partial charge on any atom is -0.497 e. The number of amides is 4. The van der Waals surface area contributed by atoms with Crippen LogP contribution in [0.1, 0.15) is 117 Å². The van der Waals surface area contributed by atoms with Gasteiger partial charge in [-0.1, -0.05) is 199 Å². The number of hydrogen-bond donors (Lipinski definition) is 4. The van der Waals surface area contributed by atoms with Crippen molar-refractivity contribution in [3.05, 3.63) is 149 Å². The maximum Gasteiger partial charge on any atom is 0.508 e. The molecule has 0 saturated carbocycles. The van der Waals surface area contributed by atoms with Gasteiger partial charge in [-0.15, -0.1) is 11.8 Å². The normalized spacial score (nSPS) is 16.9. The first-order valence-electron chi connectivity index (χ1n) is 29.8. The number of ether oxygens (including phenoxy) is 4. The monoisotopic (exact) mass is 1290 g/mol. The molecule has 480 valence electrons. The number of likely N-dealkylation sites (N-methyl/N-ethyl adjacent to an activating group) is 2. The SMILES string of the molecule is CC[C@H](C)[C@@H](C(=O)O)N(C)C(=O)[C@H](C)N(C)C(=O)[C@H](Cc1ccc(OC)cc1)NC(=O)/C(C)=C/[C@@H](CSC(c1ccccc1)(c1ccccc1)c1ccccc1)NC(=O)[C@H](C)[C@H](C[C@H](C)C[C@H](OC(=O)[C@H]1CCCN1)C(C)(C)C)OC(=O)OCC(Cl)(Cl)Cl. The minimum atomic E-state index is -1.97. The van der Waals surface area contributed by atoms with Crippen molar-refractivity contribution >= 4 is 88.3 Å². The van der Waals surface area contributed by atoms with Gasteiger partial charge in [0.15, 0.2) is 0 Å². The third-order valence-electron chi connectivity index (χ3n) is 16.2. The van der Waals surface area contributed by atoms with Crippen LogP contribution in [-0.4, -0.2) is 143 Å². The van der Waals surface area contributed by atoms with Crippen molar-refractivity contribution in [1.29, 1.82) is 0 Å². The van der Waals surface area contributed by atoms with Gasteiger partial charge in [-0.3, -0.25) is 24.0 Å². The van der Waals surface area contributed by atoms with Crippen LogP contribution in [-0.2, 0) is 54.1 Å². The predicted octanol–water partition coefficient (Wildman–Crippen LogP) is 11.3. The molecule has 17 nitrogen and oxygen atoms in total. The summed E-state index contributed by atoms with van der Waals surface area (Å²) in [6.45, 7) is 16.2. The Hall–Kier alpha value is -6.31. The Kier molecular flexibility index (Phi) is 27.6. The van der Waals surface area contributed by atoms with Crippen LogP contribution in [0.5, 0.6) is 5.75 Å². The molecule has 88 heavy (non-hydrogen) atoms. The summed E-state index contributed by atoms with van der Waals surface area (Å²) in [7, 11) is 4.36. The van der Waals surface area contributed by atoms with E-state index in [9.17, 15) is 33.9 Å². The summed E-state index contributed by atoms with van der Waals surface area (Å²) in [5, 5.41) is 19.5. The Morgan fingerprint density at radius 1 is 0.773 bits per heavy atom. The Labute approximate surface area is 538 Å². The molecule has 0 aromatic heterocycles. The number of nitrogens with one attached hydrogen (secondary N) is 3. The van der Waals surface area contributed by atoms with Crippen molar-refractivity contribution in [1.82, 2.24) is 25.8 Å². The van der Waals surface area contributed by atoms with Gasteiger partial charge in [0.25, 0.3) is 0 Å². The second-order valence-electron chi connectivity index (χ2n) is 24.0. The van der Waals surface area contributed by atoms with Crippen LogP contribution in [0, 0.1) is 23.2 Å². The second-order valence-corrected chi connectivity index (χ2v) is 27.7. The topological polar surface area (TPSA) is 219 Å². The lowest BCUT2D eigenvalue weighted by molar-refractivity contribution is -0.158. The smallest absolute Gasteiger partial charge is 0.497 e. The number of nitrogens with zero attached hydrogens (tertiary/aromatic N) is 2. The van der Waals surface area contributed by atoms with Gasteiger partial charge < -0.3 is 49.8 Å². The highest BCUT2D eigenvalue weighted by Gasteiger charge is 2.41. The zero-order valence-corrected chi connectivity index (χ0v) is 55.6. The maximum absolute atomic E-state index is 15.2. The third-order valence-corrected chi connectivity index (χ3v) is 18.2. The van der Waals surface area contributed by atoms with Crippen molar-refractivity contribution in [3.63, 3.8) is 0 Å². The number of halogens is 3. The number of alkyl halides is 3. The second kappa shape index (κ2) is 33.5. The molecule has 0 bridgehead atoms. The number of thioether (sulfide) groups is 1. The molecular formula is C67H88Cl3N5O12S. The summed E-state index contributed by atoms with van der Waals surface area (Å²) in [6, 6.07) is 31.9. The molecule has 4 aromatic carbocycles. The number of carboxylic acids is 1. The summed E-state index contributed by atoms with van der Waals surface area (Å²) in [5.74, 6) is -5.06. The molecule has 1 aliphatic heterocycles. The van der Waals surface area contributed by atoms with Crippen LogP contribution in [0.4, 0.5) is 4.79 Å². The number of methoxy groups -OCH3 is 1. The number of benzene rings is 4. The van der Waals surface area contributed by atoms with E-state index in [-0.39, 0.29) is 36.1 Å². The van der Waals surface area contributed by atoms with Crippen LogP contribution in [0.25, 0.3) is 0 Å². The largest absolute Gasteiger partial charge is 0.508 e. The van der Waals surface area contributed by atoms with Crippen LogP contribution in [0.15, 0.2) is 127 Å². The standard InChI is InChI=1S/C67H88Cl3N5O12S/c1-13-43(3)57(62(80)81)75(11)60(78)46(6)74(10)61(79)54(39-47-31-33-52(84-12)34-32-47)73-58(76)44(4)38-51(40-88-67(48-24-17-14-18-25-48,49-26-19-15-20-27-49)50-28-21-16-22-29-50)72-59(77)45(5)55(86-64(83)85-41-66(68,69)70)36-42(2)37-56(65(7,8)9)87-63(82)53-30-23-35-71-53/h14-22,24-29,31-34,38,42-43,45-46,51,53-57,71H,13,23,30,35-37,39-41H2,1-12H3,(H,72,77)(H,73,76)(H,80,81)/b44-38+/t42-,43-,45+,46-,51-,53+,54-,55-,56-,57-/m0/s1. The van der Waals surface area contributed by atoms with Gasteiger partial charge in [-0.25, -0.2) is 9.59 Å². The molecule has 1 aliphatic rings. The zero-order chi connectivity index (χ0) is 65.1. The van der Waals surface area contributed by atoms with E-state index < -0.39 is 111 Å². The Morgan fingerprint density at radius 3 is 1.81 bits per heavy atom. The lowest BCUT2D eigenvalue weighted by Crippen LogP contribution is -2.57. The zero-order valence-electron chi connectivity index (χ0n) is 52.6. The highest BCUT2D eigenvalue weighted by molar-refractivity contribution is 8.00. The fraction of sp³-hybridized carbons (Fsp3) is 0.507. The van der Waals surface area contributed by atoms with Crippen molar-refractivity contribution < 1.29 is 57.6 Å². The first-order valence-corrected chi connectivity index (χ1v) is 32.0. The van der Waals surface area contributed by atoms with Gasteiger partial charge in [0, 0.05) is 31.8 Å². The van der Waals surface area contributed by atoms with E-state index in [0.717, 1.165) is 28.0 Å². The molecular weight excluding hydrogens is 1210 g/mol. The van der Waals surface area contributed by atoms with Crippen LogP contribution in [0.3, 0.4) is 0 Å². The molecule has 21 heteroatoms. The third kappa shape index (κ3) is 20.6. The number of carboxylic acid groups (broad SMARTS) is 1. The summed E-state index contributed by atoms with van der Waals surface area (Å²) in [4.78, 5) is 101. The van der Waals surface area contributed by atoms with Crippen LogP contribution >= 0.6 is 46.6 Å². The summed E-state index contributed by atoms with van der Waals surface area (Å²) in [6.07, 6.45) is 1.18. The van der Waals surface area contributed by atoms with Crippen molar-refractivity contribution in [2.75, 3.05) is 40.1 Å². The molecule has 5 rings (SSSR count). The van der Waals surface area contributed by atoms with Crippen molar-refractivity contribution in [2.24, 2.45) is 23.2 Å². The average molecular weight is 1290 g/mol. The summed E-state index contributed by atoms with van der Waals surface area (Å²) < 4.78 is 19.9. The van der Waals surface area contributed by atoms with E-state index in [0.29, 0.717) is 37.1 Å². The van der Waals surface area contributed by atoms with Gasteiger partial charge in [0.05, 0.1) is 23.8 Å². The lowest BCUT2D eigenvalue weighted by Gasteiger charge is -2.37. The number of hydrogen-bond acceptors (Lipinski definition) is 13. The first kappa shape index (κ1) is 72.4. The van der Waals surface area contributed by atoms with E-state index in [1.807, 2.05) is 126 Å². The molecule has 0 spiro atoms. The Morgan fingerprint density at radius 2 is 1.33 bits per heavy atom. The van der Waals surface area contributed by atoms with Gasteiger partial charge in [0.1, 0.15) is 48.7 Å². The van der Waals surface area contributed by atoms with E-state index in [1.54, 1.807) is 51.1 Å². The molecule has 1 heterocycles. The number of carbonyl (C=O) groups excluding carboxylic acids is 6. The van der Waals surface area contributed by atoms with Crippen LogP contribution < -0.4 is 20.7 Å². The fourth-order valence-electron chi connectivity index (χ4n) is 10.7. The van der Waals surface area contributed by atoms with E-state index >= 15 is 4.79 Å². The number of esters is 1. The van der Waals surface area contributed by atoms with Crippen molar-refractivity contribution in [2.45, 2.75) is 152 Å². The van der Waals surface area contributed by atoms with Crippen LogP contribution in [0.2, 0.25) is 0 Å². The predicted molar refractivity (Wildman–Crippen MR) is 346 cm³/mol. The molecule has 0 unspecified atom stereocenters. The fourth-order valence-corrected chi connectivity index (χ4v) is 12.4. The summed E-state index contributed by atoms with van der Waals surface area (Å²) >= 11 is 19.4. The molecule has 10 atom stereocenters. The quantitative estimate of drug-likeness (QED) is 0.0165. The lowest BCUT2D eigenvalue weighted by atomic mass is 9.81. The average Bonchev–Trinajstić information content (AvgIpc) is 0.937. The van der Waals surface area contributed by atoms with Gasteiger partial charge in [-0.05, 0) is 97.7 Å². The highest BCUT2D eigenvalue weighted by atomic mass is 35.6. The minimum absolute atomic E-state index is 0.0185. The molecule has 1 saturated heterocycles. The highest BCUT2D eigenvalue weighted by Crippen LogP contribution is 2.49. The van der Waals surface area contributed by atoms with Gasteiger partial charge in [-0.2, -0.15) is 0 Å². The maximum atomic E-state index is 15.2. The summed E-state index contributed by atoms with van der Waals surface area (Å²) in [5.41, 5.74) is 3.09. The molecule has 4 aromatic rings. The van der Waals surface area contributed by atoms with E-state index in [1.165, 1.54) is 44.8 Å². The Balaban J connectivity index is 1.57. The molecule has 1 fully saturated rings. The number of carbonyl (C=O) groups is 7. The molecule has 0 radical (unpaired) electrons. The van der Waals surface area contributed by atoms with Gasteiger partial charge in [0.2, 0.25) is 27.4 Å². The van der Waals surface area contributed by atoms with E-state index in [2.05, 4.69) is 16.0 Å². The Bertz CT molecular complexity index is 2870. The molecule has 4 N–H and O–H groups in total. The van der Waals surface area contributed by atoms with Gasteiger partial charge >= 0.3 is 18.1 Å². The first-order chi connectivity index (χ1) is 41.5.